The minimum absolute atomic E-state index is 0.0384. The van der Waals surface area contributed by atoms with Crippen molar-refractivity contribution in [1.82, 2.24) is 49.3 Å². The number of likely N-dealkylation sites (tertiary alicyclic amines) is 2. The van der Waals surface area contributed by atoms with Crippen LogP contribution in [0.15, 0.2) is 61.7 Å². The number of hydrogen-bond acceptors (Lipinski definition) is 14. The number of nitrogens with two attached hydrogens (primary N) is 1. The molecule has 2 aliphatic heterocycles. The van der Waals surface area contributed by atoms with Crippen molar-refractivity contribution >= 4 is 45.5 Å². The van der Waals surface area contributed by atoms with Crippen LogP contribution in [0.4, 0.5) is 11.6 Å². The van der Waals surface area contributed by atoms with E-state index in [2.05, 4.69) is 55.5 Å². The zero-order chi connectivity index (χ0) is 43.3. The topological polar surface area (TPSA) is 203 Å². The zero-order valence-electron chi connectivity index (χ0n) is 34.7. The molecule has 62 heavy (non-hydrogen) atoms. The third kappa shape index (κ3) is 8.30. The summed E-state index contributed by atoms with van der Waals surface area (Å²) < 4.78 is 25.3. The van der Waals surface area contributed by atoms with E-state index in [1.807, 2.05) is 9.58 Å². The molecule has 4 aromatic heterocycles. The molecule has 0 aliphatic carbocycles. The fourth-order valence-corrected chi connectivity index (χ4v) is 7.69. The molecule has 316 valence electrons. The Kier molecular flexibility index (Phi) is 11.7. The second-order valence-corrected chi connectivity index (χ2v) is 14.6. The predicted molar refractivity (Wildman–Crippen MR) is 230 cm³/mol. The van der Waals surface area contributed by atoms with Gasteiger partial charge in [0.2, 0.25) is 11.8 Å². The van der Waals surface area contributed by atoms with E-state index in [-0.39, 0.29) is 42.7 Å². The summed E-state index contributed by atoms with van der Waals surface area (Å²) >= 11 is 0. The molecule has 2 amide bonds. The van der Waals surface area contributed by atoms with E-state index in [0.29, 0.717) is 112 Å². The normalized spacial score (nSPS) is 15.7. The Balaban J connectivity index is 1.00. The van der Waals surface area contributed by atoms with Crippen LogP contribution >= 0.6 is 0 Å². The van der Waals surface area contributed by atoms with Gasteiger partial charge < -0.3 is 39.8 Å². The number of aromatic nitrogens is 8. The van der Waals surface area contributed by atoms with Crippen LogP contribution in [-0.4, -0.2) is 122 Å². The highest BCUT2D eigenvalue weighted by molar-refractivity contribution is 5.93. The lowest BCUT2D eigenvalue weighted by molar-refractivity contribution is -0.130. The van der Waals surface area contributed by atoms with Gasteiger partial charge in [-0.3, -0.25) is 9.59 Å². The average Bonchev–Trinajstić information content (AvgIpc) is 4.13. The Bertz CT molecular complexity index is 2790. The molecule has 0 unspecified atom stereocenters. The molecule has 0 bridgehead atoms. The Labute approximate surface area is 357 Å². The largest absolute Gasteiger partial charge is 0.497 e. The maximum absolute atomic E-state index is 13.7. The second kappa shape index (κ2) is 17.8. The number of rotatable bonds is 11. The van der Waals surface area contributed by atoms with Crippen molar-refractivity contribution in [3.8, 4) is 46.7 Å². The fourth-order valence-electron chi connectivity index (χ4n) is 7.69. The molecule has 18 nitrogen and oxygen atoms in total. The number of nitrogens with zero attached hydrogens (tertiary/aromatic N) is 10. The number of carbonyl (C=O) groups excluding carboxylic acids is 2. The summed E-state index contributed by atoms with van der Waals surface area (Å²) in [7, 11) is 6.31. The molecule has 2 atom stereocenters. The summed E-state index contributed by atoms with van der Waals surface area (Å²) in [6, 6.07) is 10.5. The maximum Gasteiger partial charge on any atom is 0.246 e. The number of nitrogen functional groups attached to an aromatic ring is 1. The third-order valence-electron chi connectivity index (χ3n) is 10.8. The van der Waals surface area contributed by atoms with Gasteiger partial charge in [0.15, 0.2) is 11.3 Å². The number of carbonyl (C=O) groups is 2. The van der Waals surface area contributed by atoms with Crippen LogP contribution in [0.5, 0.6) is 23.0 Å². The van der Waals surface area contributed by atoms with E-state index in [9.17, 15) is 9.59 Å². The predicted octanol–water partition coefficient (Wildman–Crippen LogP) is 3.62. The van der Waals surface area contributed by atoms with Crippen molar-refractivity contribution in [2.24, 2.45) is 0 Å². The van der Waals surface area contributed by atoms with Crippen molar-refractivity contribution in [2.45, 2.75) is 31.3 Å². The Hall–Kier alpha value is -7.86. The standard InChI is InChI=1S/C44H44N12O6/c1-6-37(57)53-15-12-29(23-53)56-44-40(36(52-56)10-8-28-19-33(61-4)22-34(20-28)62-5)42(48-26-50-44)46-14-11-38(58)54-16-13-30(24-54)55-43-39(41(45)47-25-49-43)35(51-55)9-7-27-17-31(59-2)21-32(18-27)60-3/h6,17-22,25-26,29-30H,1,11-16,23-24H2,2-5H3,(H2,45,47,49)(H,46,48,50)/t29-,30-/m0/s1. The molecule has 3 N–H and O–H groups in total. The number of ether oxygens (including phenoxy) is 4. The fraction of sp³-hybridized carbons (Fsp3) is 0.318. The highest BCUT2D eigenvalue weighted by Crippen LogP contribution is 2.32. The molecular weight excluding hydrogens is 793 g/mol. The molecular formula is C44H44N12O6. The highest BCUT2D eigenvalue weighted by atomic mass is 16.5. The molecule has 8 rings (SSSR count). The first kappa shape index (κ1) is 40.9. The molecule has 6 aromatic rings. The third-order valence-corrected chi connectivity index (χ3v) is 10.8. The van der Waals surface area contributed by atoms with Gasteiger partial charge in [0, 0.05) is 62.4 Å². The van der Waals surface area contributed by atoms with E-state index in [1.165, 1.54) is 18.7 Å². The number of hydrogen-bond donors (Lipinski definition) is 2. The van der Waals surface area contributed by atoms with Crippen molar-refractivity contribution in [1.29, 1.82) is 0 Å². The molecule has 2 saturated heterocycles. The van der Waals surface area contributed by atoms with Gasteiger partial charge in [0.25, 0.3) is 0 Å². The second-order valence-electron chi connectivity index (χ2n) is 14.6. The summed E-state index contributed by atoms with van der Waals surface area (Å²) in [5, 5.41) is 14.3. The van der Waals surface area contributed by atoms with Crippen LogP contribution in [-0.2, 0) is 9.59 Å². The molecule has 0 radical (unpaired) electrons. The molecule has 0 spiro atoms. The molecule has 18 heteroatoms. The minimum Gasteiger partial charge on any atom is -0.497 e. The maximum atomic E-state index is 13.7. The van der Waals surface area contributed by atoms with Gasteiger partial charge in [-0.15, -0.1) is 0 Å². The van der Waals surface area contributed by atoms with Gasteiger partial charge in [0.1, 0.15) is 58.7 Å². The lowest BCUT2D eigenvalue weighted by Gasteiger charge is -2.17. The van der Waals surface area contributed by atoms with Gasteiger partial charge in [-0.2, -0.15) is 10.2 Å². The number of fused-ring (bicyclic) bond motifs is 2. The first-order valence-electron chi connectivity index (χ1n) is 19.8. The van der Waals surface area contributed by atoms with Gasteiger partial charge in [-0.1, -0.05) is 18.4 Å². The number of nitrogens with one attached hydrogen (secondary N) is 1. The summed E-state index contributed by atoms with van der Waals surface area (Å²) in [6.07, 6.45) is 5.69. The van der Waals surface area contributed by atoms with Crippen LogP contribution in [0.2, 0.25) is 0 Å². The van der Waals surface area contributed by atoms with E-state index < -0.39 is 0 Å². The summed E-state index contributed by atoms with van der Waals surface area (Å²) in [5.41, 5.74) is 9.64. The van der Waals surface area contributed by atoms with Crippen molar-refractivity contribution in [3.05, 3.63) is 84.2 Å². The van der Waals surface area contributed by atoms with E-state index in [1.54, 1.807) is 74.4 Å². The van der Waals surface area contributed by atoms with Crippen LogP contribution < -0.4 is 30.0 Å². The number of amides is 2. The number of methoxy groups -OCH3 is 4. The summed E-state index contributed by atoms with van der Waals surface area (Å²) in [5.74, 6) is 15.7. The Morgan fingerprint density at radius 3 is 1.77 bits per heavy atom. The molecule has 2 aromatic carbocycles. The molecule has 2 aliphatic rings. The quantitative estimate of drug-likeness (QED) is 0.142. The molecule has 2 fully saturated rings. The Morgan fingerprint density at radius 1 is 0.726 bits per heavy atom. The van der Waals surface area contributed by atoms with Crippen LogP contribution in [0, 0.1) is 23.7 Å². The van der Waals surface area contributed by atoms with Gasteiger partial charge in [-0.05, 0) is 55.0 Å². The molecule has 0 saturated carbocycles. The van der Waals surface area contributed by atoms with E-state index in [0.717, 1.165) is 0 Å². The SMILES string of the molecule is C=CC(=O)N1CC[C@H](n2nc(C#Cc3cc(OC)cc(OC)c3)c3c(NCCC(=O)N4CC[C@H](n5nc(C#Cc6cc(OC)cc(OC)c6)c6c(N)ncnc65)C4)ncnc32)C1. The average molecular weight is 837 g/mol. The Morgan fingerprint density at radius 2 is 1.23 bits per heavy atom. The van der Waals surface area contributed by atoms with Crippen molar-refractivity contribution in [3.63, 3.8) is 0 Å². The van der Waals surface area contributed by atoms with Gasteiger partial charge >= 0.3 is 0 Å². The lowest BCUT2D eigenvalue weighted by atomic mass is 10.2. The van der Waals surface area contributed by atoms with Gasteiger partial charge in [0.05, 0.1) is 51.3 Å². The van der Waals surface area contributed by atoms with Crippen molar-refractivity contribution < 1.29 is 28.5 Å². The minimum atomic E-state index is -0.164. The van der Waals surface area contributed by atoms with Gasteiger partial charge in [-0.25, -0.2) is 29.3 Å². The zero-order valence-corrected chi connectivity index (χ0v) is 34.7. The summed E-state index contributed by atoms with van der Waals surface area (Å²) in [4.78, 5) is 47.6. The monoisotopic (exact) mass is 836 g/mol. The van der Waals surface area contributed by atoms with Crippen LogP contribution in [0.3, 0.4) is 0 Å². The first-order chi connectivity index (χ1) is 30.2. The van der Waals surface area contributed by atoms with E-state index >= 15 is 0 Å². The highest BCUT2D eigenvalue weighted by Gasteiger charge is 2.32. The van der Waals surface area contributed by atoms with Crippen LogP contribution in [0.25, 0.3) is 22.1 Å². The first-order valence-corrected chi connectivity index (χ1v) is 19.8. The lowest BCUT2D eigenvalue weighted by Crippen LogP contribution is -2.30. The smallest absolute Gasteiger partial charge is 0.246 e. The van der Waals surface area contributed by atoms with E-state index in [4.69, 9.17) is 34.9 Å². The summed E-state index contributed by atoms with van der Waals surface area (Å²) in [6.45, 7) is 5.88. The van der Waals surface area contributed by atoms with Crippen molar-refractivity contribution in [2.75, 3.05) is 72.2 Å². The van der Waals surface area contributed by atoms with Crippen LogP contribution in [0.1, 0.15) is 53.9 Å². The number of anilines is 2. The molecule has 6 heterocycles. The number of benzene rings is 2.